The van der Waals surface area contributed by atoms with Gasteiger partial charge in [-0.05, 0) is 38.3 Å². The predicted molar refractivity (Wildman–Crippen MR) is 67.8 cm³/mol. The van der Waals surface area contributed by atoms with Crippen LogP contribution in [0.15, 0.2) is 47.0 Å². The van der Waals surface area contributed by atoms with Gasteiger partial charge in [0.05, 0.1) is 0 Å². The van der Waals surface area contributed by atoms with E-state index in [0.717, 1.165) is 30.8 Å². The van der Waals surface area contributed by atoms with Crippen LogP contribution in [0, 0.1) is 5.92 Å². The number of ether oxygens (including phenoxy) is 1. The third kappa shape index (κ3) is 2.66. The van der Waals surface area contributed by atoms with Crippen LogP contribution in [0.5, 0.6) is 0 Å². The van der Waals surface area contributed by atoms with Crippen LogP contribution in [0.2, 0.25) is 0 Å². The molecule has 0 saturated heterocycles. The monoisotopic (exact) mass is 216 g/mol. The van der Waals surface area contributed by atoms with Crippen LogP contribution < -0.4 is 0 Å². The van der Waals surface area contributed by atoms with Crippen molar-refractivity contribution in [1.29, 1.82) is 0 Å². The maximum Gasteiger partial charge on any atom is 0.104 e. The van der Waals surface area contributed by atoms with E-state index in [-0.39, 0.29) is 0 Å². The molecule has 0 aromatic heterocycles. The molecule has 0 heterocycles. The van der Waals surface area contributed by atoms with Crippen molar-refractivity contribution >= 4 is 0 Å². The summed E-state index contributed by atoms with van der Waals surface area (Å²) in [6.07, 6.45) is 11.8. The van der Waals surface area contributed by atoms with Crippen molar-refractivity contribution in [1.82, 2.24) is 0 Å². The van der Waals surface area contributed by atoms with Crippen LogP contribution in [0.1, 0.15) is 40.0 Å². The van der Waals surface area contributed by atoms with Crippen molar-refractivity contribution in [3.63, 3.8) is 0 Å². The van der Waals surface area contributed by atoms with Crippen molar-refractivity contribution in [2.24, 2.45) is 5.92 Å². The molecule has 2 rings (SSSR count). The highest BCUT2D eigenvalue weighted by Gasteiger charge is 2.14. The molecule has 0 N–H and O–H groups in total. The minimum atomic E-state index is 0.612. The summed E-state index contributed by atoms with van der Waals surface area (Å²) in [6.45, 7) is 6.60. The second-order valence-corrected chi connectivity index (χ2v) is 4.90. The van der Waals surface area contributed by atoms with Gasteiger partial charge in [-0.3, -0.25) is 0 Å². The highest BCUT2D eigenvalue weighted by Crippen LogP contribution is 2.28. The molecule has 1 heteroatoms. The van der Waals surface area contributed by atoms with Crippen LogP contribution in [-0.4, -0.2) is 0 Å². The molecule has 2 aliphatic carbocycles. The molecule has 2 aliphatic rings. The van der Waals surface area contributed by atoms with Gasteiger partial charge in [-0.1, -0.05) is 30.2 Å². The number of rotatable bonds is 2. The molecular formula is C15H20O. The molecule has 86 valence electrons. The molecule has 1 unspecified atom stereocenters. The van der Waals surface area contributed by atoms with Gasteiger partial charge >= 0.3 is 0 Å². The Labute approximate surface area is 98.2 Å². The summed E-state index contributed by atoms with van der Waals surface area (Å²) in [7, 11) is 0. The molecule has 0 spiro atoms. The standard InChI is InChI=1S/C15H20O/c1-11-4-7-14(8-5-11)16-15-9-6-12(2)13(3)10-15/h4,6-7,9,13H,5,8,10H2,1-3H3. The van der Waals surface area contributed by atoms with E-state index in [2.05, 4.69) is 45.1 Å². The minimum absolute atomic E-state index is 0.612. The fraction of sp³-hybridized carbons (Fsp3) is 0.467. The molecular weight excluding hydrogens is 196 g/mol. The second kappa shape index (κ2) is 4.73. The third-order valence-corrected chi connectivity index (χ3v) is 3.40. The first-order chi connectivity index (χ1) is 7.65. The zero-order valence-corrected chi connectivity index (χ0v) is 10.4. The Hall–Kier alpha value is -1.24. The van der Waals surface area contributed by atoms with E-state index in [9.17, 15) is 0 Å². The Balaban J connectivity index is 2.01. The highest BCUT2D eigenvalue weighted by atomic mass is 16.5. The topological polar surface area (TPSA) is 9.23 Å². The zero-order chi connectivity index (χ0) is 11.5. The zero-order valence-electron chi connectivity index (χ0n) is 10.4. The van der Waals surface area contributed by atoms with Gasteiger partial charge in [0.1, 0.15) is 11.5 Å². The Bertz CT molecular complexity index is 394. The summed E-state index contributed by atoms with van der Waals surface area (Å²) in [5.74, 6) is 2.83. The molecule has 16 heavy (non-hydrogen) atoms. The molecule has 0 aromatic carbocycles. The number of hydrogen-bond acceptors (Lipinski definition) is 1. The smallest absolute Gasteiger partial charge is 0.104 e. The van der Waals surface area contributed by atoms with Gasteiger partial charge < -0.3 is 4.74 Å². The SMILES string of the molecule is CC1=CC=C(OC2=CC=C(C)C(C)C2)CC1. The summed E-state index contributed by atoms with van der Waals surface area (Å²) in [5, 5.41) is 0. The van der Waals surface area contributed by atoms with Gasteiger partial charge in [0.15, 0.2) is 0 Å². The van der Waals surface area contributed by atoms with E-state index in [4.69, 9.17) is 4.74 Å². The molecule has 0 amide bonds. The minimum Gasteiger partial charge on any atom is -0.466 e. The molecule has 1 atom stereocenters. The summed E-state index contributed by atoms with van der Waals surface area (Å²) >= 11 is 0. The Kier molecular flexibility index (Phi) is 3.33. The summed E-state index contributed by atoms with van der Waals surface area (Å²) in [5.41, 5.74) is 2.88. The third-order valence-electron chi connectivity index (χ3n) is 3.40. The average molecular weight is 216 g/mol. The number of allylic oxidation sites excluding steroid dienone is 8. The van der Waals surface area contributed by atoms with Crippen LogP contribution in [0.25, 0.3) is 0 Å². The molecule has 0 aromatic rings. The van der Waals surface area contributed by atoms with Crippen LogP contribution in [0.3, 0.4) is 0 Å². The van der Waals surface area contributed by atoms with E-state index >= 15 is 0 Å². The molecule has 0 aliphatic heterocycles. The van der Waals surface area contributed by atoms with E-state index < -0.39 is 0 Å². The second-order valence-electron chi connectivity index (χ2n) is 4.90. The lowest BCUT2D eigenvalue weighted by atomic mass is 9.93. The van der Waals surface area contributed by atoms with Gasteiger partial charge in [0.2, 0.25) is 0 Å². The summed E-state index contributed by atoms with van der Waals surface area (Å²) < 4.78 is 5.93. The summed E-state index contributed by atoms with van der Waals surface area (Å²) in [4.78, 5) is 0. The predicted octanol–water partition coefficient (Wildman–Crippen LogP) is 4.50. The van der Waals surface area contributed by atoms with Crippen LogP contribution in [0.4, 0.5) is 0 Å². The quantitative estimate of drug-likeness (QED) is 0.660. The lowest BCUT2D eigenvalue weighted by Crippen LogP contribution is -2.06. The fourth-order valence-corrected chi connectivity index (χ4v) is 1.97. The normalized spacial score (nSPS) is 25.3. The van der Waals surface area contributed by atoms with E-state index in [1.807, 2.05) is 0 Å². The highest BCUT2D eigenvalue weighted by molar-refractivity contribution is 5.25. The number of hydrogen-bond donors (Lipinski definition) is 0. The van der Waals surface area contributed by atoms with Gasteiger partial charge in [-0.15, -0.1) is 0 Å². The van der Waals surface area contributed by atoms with E-state index in [1.165, 1.54) is 11.1 Å². The van der Waals surface area contributed by atoms with Crippen LogP contribution in [-0.2, 0) is 4.74 Å². The maximum absolute atomic E-state index is 5.93. The molecule has 0 saturated carbocycles. The van der Waals surface area contributed by atoms with Crippen molar-refractivity contribution in [3.8, 4) is 0 Å². The van der Waals surface area contributed by atoms with Gasteiger partial charge in [-0.2, -0.15) is 0 Å². The Morgan fingerprint density at radius 1 is 1.00 bits per heavy atom. The fourth-order valence-electron chi connectivity index (χ4n) is 1.97. The molecule has 0 radical (unpaired) electrons. The van der Waals surface area contributed by atoms with Crippen LogP contribution >= 0.6 is 0 Å². The molecule has 0 fully saturated rings. The van der Waals surface area contributed by atoms with E-state index in [1.54, 1.807) is 0 Å². The molecule has 0 bridgehead atoms. The van der Waals surface area contributed by atoms with Crippen molar-refractivity contribution in [2.45, 2.75) is 40.0 Å². The Morgan fingerprint density at radius 3 is 2.38 bits per heavy atom. The lowest BCUT2D eigenvalue weighted by molar-refractivity contribution is 0.264. The first kappa shape index (κ1) is 11.3. The lowest BCUT2D eigenvalue weighted by Gasteiger charge is -2.21. The van der Waals surface area contributed by atoms with Gasteiger partial charge in [-0.25, -0.2) is 0 Å². The Morgan fingerprint density at radius 2 is 1.75 bits per heavy atom. The molecule has 1 nitrogen and oxygen atoms in total. The summed E-state index contributed by atoms with van der Waals surface area (Å²) in [6, 6.07) is 0. The van der Waals surface area contributed by atoms with Crippen molar-refractivity contribution in [3.05, 3.63) is 47.0 Å². The van der Waals surface area contributed by atoms with E-state index in [0.29, 0.717) is 5.92 Å². The first-order valence-corrected chi connectivity index (χ1v) is 6.06. The van der Waals surface area contributed by atoms with Crippen molar-refractivity contribution in [2.75, 3.05) is 0 Å². The van der Waals surface area contributed by atoms with Gasteiger partial charge in [0.25, 0.3) is 0 Å². The first-order valence-electron chi connectivity index (χ1n) is 6.06. The van der Waals surface area contributed by atoms with Crippen molar-refractivity contribution < 1.29 is 4.74 Å². The average Bonchev–Trinajstić information content (AvgIpc) is 2.27. The maximum atomic E-state index is 5.93. The largest absolute Gasteiger partial charge is 0.466 e. The van der Waals surface area contributed by atoms with Gasteiger partial charge in [0, 0.05) is 12.8 Å².